The topological polar surface area (TPSA) is 113 Å². The predicted octanol–water partition coefficient (Wildman–Crippen LogP) is 0.0466. The van der Waals surface area contributed by atoms with Crippen LogP contribution in [0.15, 0.2) is 30.3 Å². The van der Waals surface area contributed by atoms with Crippen LogP contribution in [0.5, 0.6) is 0 Å². The number of rotatable bonds is 7. The van der Waals surface area contributed by atoms with Crippen LogP contribution in [0.3, 0.4) is 0 Å². The van der Waals surface area contributed by atoms with Crippen LogP contribution in [0.2, 0.25) is 0 Å². The van der Waals surface area contributed by atoms with Crippen LogP contribution in [-0.2, 0) is 20.8 Å². The minimum absolute atomic E-state index is 0.179. The minimum atomic E-state index is -1.11. The average molecular weight is 365 g/mol. The Labute approximate surface area is 152 Å². The summed E-state index contributed by atoms with van der Waals surface area (Å²) in [6, 6.07) is 6.57. The first-order valence-electron chi connectivity index (χ1n) is 8.18. The lowest BCUT2D eigenvalue weighted by atomic mass is 10.1. The molecule has 0 unspecified atom stereocenters. The summed E-state index contributed by atoms with van der Waals surface area (Å²) in [7, 11) is 0. The van der Waals surface area contributed by atoms with E-state index in [0.29, 0.717) is 19.4 Å². The van der Waals surface area contributed by atoms with Gasteiger partial charge in [-0.05, 0) is 18.4 Å². The van der Waals surface area contributed by atoms with Gasteiger partial charge in [0.1, 0.15) is 12.1 Å². The van der Waals surface area contributed by atoms with Crippen molar-refractivity contribution in [3.63, 3.8) is 0 Å². The van der Waals surface area contributed by atoms with Gasteiger partial charge in [0.2, 0.25) is 11.8 Å². The van der Waals surface area contributed by atoms with E-state index in [-0.39, 0.29) is 18.1 Å². The monoisotopic (exact) mass is 365 g/mol. The highest BCUT2D eigenvalue weighted by atomic mass is 32.1. The van der Waals surface area contributed by atoms with E-state index < -0.39 is 30.0 Å². The molecular weight excluding hydrogens is 342 g/mol. The van der Waals surface area contributed by atoms with E-state index in [0.717, 1.165) is 5.56 Å². The lowest BCUT2D eigenvalue weighted by Gasteiger charge is -2.27. The molecule has 0 saturated carbocycles. The Morgan fingerprint density at radius 2 is 2.00 bits per heavy atom. The van der Waals surface area contributed by atoms with E-state index in [9.17, 15) is 19.5 Å². The number of carboxylic acids is 1. The fourth-order valence-electron chi connectivity index (χ4n) is 2.91. The number of aliphatic carboxylic acids is 1. The van der Waals surface area contributed by atoms with Crippen molar-refractivity contribution in [1.29, 1.82) is 0 Å². The molecule has 0 aliphatic carbocycles. The lowest BCUT2D eigenvalue weighted by molar-refractivity contribution is -0.144. The number of carbonyl (C=O) groups is 3. The molecule has 0 radical (unpaired) electrons. The van der Waals surface area contributed by atoms with Crippen molar-refractivity contribution < 1.29 is 19.5 Å². The number of amides is 2. The number of hydrogen-bond acceptors (Lipinski definition) is 5. The normalized spacial score (nSPS) is 19.3. The van der Waals surface area contributed by atoms with E-state index in [1.165, 1.54) is 4.90 Å². The Morgan fingerprint density at radius 1 is 1.32 bits per heavy atom. The van der Waals surface area contributed by atoms with E-state index in [2.05, 4.69) is 17.9 Å². The maximum absolute atomic E-state index is 12.5. The summed E-state index contributed by atoms with van der Waals surface area (Å²) in [4.78, 5) is 37.7. The number of thiol groups is 1. The third-order valence-corrected chi connectivity index (χ3v) is 4.64. The molecule has 1 aromatic carbocycles. The van der Waals surface area contributed by atoms with E-state index in [4.69, 9.17) is 5.73 Å². The van der Waals surface area contributed by atoms with Crippen LogP contribution >= 0.6 is 12.6 Å². The smallest absolute Gasteiger partial charge is 0.326 e. The minimum Gasteiger partial charge on any atom is -0.480 e. The highest BCUT2D eigenvalue weighted by Crippen LogP contribution is 2.19. The molecule has 4 N–H and O–H groups in total. The van der Waals surface area contributed by atoms with Crippen LogP contribution < -0.4 is 11.1 Å². The zero-order valence-electron chi connectivity index (χ0n) is 13.8. The molecule has 1 saturated heterocycles. The molecule has 1 aliphatic heterocycles. The standard InChI is InChI=1S/C17H23N3O4S/c18-12(10-25)16(22)20-8-4-7-14(20)15(21)19-13(17(23)24)9-11-5-2-1-3-6-11/h1-3,5-6,12-14,25H,4,7-10,18H2,(H,19,21)(H,23,24)/t12-,13-,14-/m0/s1. The third-order valence-electron chi connectivity index (χ3n) is 4.25. The highest BCUT2D eigenvalue weighted by Gasteiger charge is 2.37. The Bertz CT molecular complexity index is 626. The molecule has 1 heterocycles. The molecule has 1 aliphatic rings. The van der Waals surface area contributed by atoms with Crippen molar-refractivity contribution in [2.45, 2.75) is 37.4 Å². The number of carboxylic acid groups (broad SMARTS) is 1. The molecule has 0 bridgehead atoms. The van der Waals surface area contributed by atoms with Gasteiger partial charge >= 0.3 is 5.97 Å². The molecule has 2 amide bonds. The fourth-order valence-corrected chi connectivity index (χ4v) is 3.07. The van der Waals surface area contributed by atoms with Crippen LogP contribution in [0, 0.1) is 0 Å². The van der Waals surface area contributed by atoms with Gasteiger partial charge < -0.3 is 21.1 Å². The molecule has 1 fully saturated rings. The van der Waals surface area contributed by atoms with Crippen LogP contribution in [0.1, 0.15) is 18.4 Å². The first-order chi connectivity index (χ1) is 11.9. The second kappa shape index (κ2) is 8.87. The fraction of sp³-hybridized carbons (Fsp3) is 0.471. The Kier molecular flexibility index (Phi) is 6.83. The summed E-state index contributed by atoms with van der Waals surface area (Å²) in [5.41, 5.74) is 6.53. The molecule has 3 atom stereocenters. The number of nitrogens with one attached hydrogen (secondary N) is 1. The largest absolute Gasteiger partial charge is 0.480 e. The van der Waals surface area contributed by atoms with E-state index in [1.807, 2.05) is 18.2 Å². The van der Waals surface area contributed by atoms with Crippen molar-refractivity contribution in [2.75, 3.05) is 12.3 Å². The summed E-state index contributed by atoms with van der Waals surface area (Å²) in [5, 5.41) is 12.0. The van der Waals surface area contributed by atoms with Crippen molar-refractivity contribution >= 4 is 30.4 Å². The maximum atomic E-state index is 12.5. The van der Waals surface area contributed by atoms with E-state index in [1.54, 1.807) is 12.1 Å². The highest BCUT2D eigenvalue weighted by molar-refractivity contribution is 7.80. The zero-order valence-corrected chi connectivity index (χ0v) is 14.7. The van der Waals surface area contributed by atoms with Gasteiger partial charge in [-0.1, -0.05) is 30.3 Å². The van der Waals surface area contributed by atoms with Crippen LogP contribution in [0.25, 0.3) is 0 Å². The van der Waals surface area contributed by atoms with Crippen molar-refractivity contribution in [2.24, 2.45) is 5.73 Å². The SMILES string of the molecule is N[C@@H](CS)C(=O)N1CCC[C@H]1C(=O)N[C@@H](Cc1ccccc1)C(=O)O. The molecule has 25 heavy (non-hydrogen) atoms. The summed E-state index contributed by atoms with van der Waals surface area (Å²) >= 11 is 4.02. The second-order valence-electron chi connectivity index (χ2n) is 6.07. The molecule has 0 spiro atoms. The van der Waals surface area contributed by atoms with Crippen LogP contribution in [0.4, 0.5) is 0 Å². The third kappa shape index (κ3) is 4.96. The zero-order chi connectivity index (χ0) is 18.4. The predicted molar refractivity (Wildman–Crippen MR) is 96.3 cm³/mol. The van der Waals surface area contributed by atoms with Gasteiger partial charge in [-0.15, -0.1) is 0 Å². The number of nitrogens with zero attached hydrogens (tertiary/aromatic N) is 1. The first-order valence-corrected chi connectivity index (χ1v) is 8.81. The molecular formula is C17H23N3O4S. The number of likely N-dealkylation sites (tertiary alicyclic amines) is 1. The number of hydrogen-bond donors (Lipinski definition) is 4. The first kappa shape index (κ1) is 19.3. The van der Waals surface area contributed by atoms with Crippen molar-refractivity contribution in [1.82, 2.24) is 10.2 Å². The van der Waals surface area contributed by atoms with Crippen molar-refractivity contribution in [3.8, 4) is 0 Å². The number of benzene rings is 1. The average Bonchev–Trinajstić information content (AvgIpc) is 3.10. The Morgan fingerprint density at radius 3 is 2.60 bits per heavy atom. The van der Waals surface area contributed by atoms with Gasteiger partial charge in [0.15, 0.2) is 0 Å². The number of nitrogens with two attached hydrogens (primary N) is 1. The quantitative estimate of drug-likeness (QED) is 0.510. The summed E-state index contributed by atoms with van der Waals surface area (Å²) in [6.45, 7) is 0.439. The molecule has 7 nitrogen and oxygen atoms in total. The molecule has 2 rings (SSSR count). The Hall–Kier alpha value is -2.06. The molecule has 136 valence electrons. The molecule has 8 heteroatoms. The van der Waals surface area contributed by atoms with Gasteiger partial charge in [-0.2, -0.15) is 12.6 Å². The maximum Gasteiger partial charge on any atom is 0.326 e. The van der Waals surface area contributed by atoms with Gasteiger partial charge in [0.05, 0.1) is 6.04 Å². The summed E-state index contributed by atoms with van der Waals surface area (Å²) in [6.07, 6.45) is 1.35. The number of carbonyl (C=O) groups excluding carboxylic acids is 2. The Balaban J connectivity index is 2.04. The molecule has 0 aromatic heterocycles. The second-order valence-corrected chi connectivity index (χ2v) is 6.43. The van der Waals surface area contributed by atoms with E-state index >= 15 is 0 Å². The van der Waals surface area contributed by atoms with Gasteiger partial charge in [-0.3, -0.25) is 9.59 Å². The van der Waals surface area contributed by atoms with Gasteiger partial charge in [-0.25, -0.2) is 4.79 Å². The van der Waals surface area contributed by atoms with Gasteiger partial charge in [0.25, 0.3) is 0 Å². The lowest BCUT2D eigenvalue weighted by Crippen LogP contribution is -2.54. The molecule has 1 aromatic rings. The summed E-state index contributed by atoms with van der Waals surface area (Å²) in [5.74, 6) is -1.71. The van der Waals surface area contributed by atoms with Crippen molar-refractivity contribution in [3.05, 3.63) is 35.9 Å². The summed E-state index contributed by atoms with van der Waals surface area (Å²) < 4.78 is 0. The van der Waals surface area contributed by atoms with Gasteiger partial charge in [0, 0.05) is 18.7 Å². The van der Waals surface area contributed by atoms with Crippen LogP contribution in [-0.4, -0.2) is 58.2 Å².